The molecule has 116 valence electrons. The van der Waals surface area contributed by atoms with E-state index in [0.29, 0.717) is 4.57 Å². The van der Waals surface area contributed by atoms with Crippen molar-refractivity contribution >= 4 is 5.82 Å². The van der Waals surface area contributed by atoms with E-state index in [9.17, 15) is 32.6 Å². The van der Waals surface area contributed by atoms with E-state index < -0.39 is 41.6 Å². The third-order valence-electron chi connectivity index (χ3n) is 3.84. The van der Waals surface area contributed by atoms with Gasteiger partial charge < -0.3 is 20.7 Å². The van der Waals surface area contributed by atoms with E-state index in [4.69, 9.17) is 5.73 Å². The number of anilines is 1. The molecule has 1 aromatic heterocycles. The van der Waals surface area contributed by atoms with Crippen LogP contribution in [-0.2, 0) is 4.74 Å². The second-order valence-electron chi connectivity index (χ2n) is 4.91. The van der Waals surface area contributed by atoms with Crippen molar-refractivity contribution in [1.82, 2.24) is 9.55 Å². The molecule has 0 aromatic carbocycles. The van der Waals surface area contributed by atoms with E-state index in [1.807, 2.05) is 0 Å². The fourth-order valence-electron chi connectivity index (χ4n) is 2.68. The molecule has 4 N–H and O–H groups in total. The van der Waals surface area contributed by atoms with Gasteiger partial charge in [0, 0.05) is 6.20 Å². The molecule has 3 rings (SSSR count). The Balaban J connectivity index is 2.05. The van der Waals surface area contributed by atoms with Crippen LogP contribution in [0.5, 0.6) is 0 Å². The minimum absolute atomic E-state index is 0.209. The van der Waals surface area contributed by atoms with Crippen molar-refractivity contribution in [1.29, 1.82) is 0 Å². The molecule has 21 heavy (non-hydrogen) atoms. The molecule has 2 aliphatic rings. The summed E-state index contributed by atoms with van der Waals surface area (Å²) < 4.78 is 58.0. The zero-order valence-corrected chi connectivity index (χ0v) is 10.1. The summed E-state index contributed by atoms with van der Waals surface area (Å²) >= 11 is 0. The zero-order chi connectivity index (χ0) is 15.8. The molecule has 1 aliphatic heterocycles. The Morgan fingerprint density at radius 1 is 1.48 bits per heavy atom. The van der Waals surface area contributed by atoms with Crippen molar-refractivity contribution in [2.75, 3.05) is 5.73 Å². The van der Waals surface area contributed by atoms with Crippen molar-refractivity contribution in [2.24, 2.45) is 0 Å². The third-order valence-corrected chi connectivity index (χ3v) is 3.84. The summed E-state index contributed by atoms with van der Waals surface area (Å²) in [5, 5.41) is 19.0. The van der Waals surface area contributed by atoms with Crippen molar-refractivity contribution in [3.05, 3.63) is 22.7 Å². The van der Waals surface area contributed by atoms with Crippen LogP contribution >= 0.6 is 0 Å². The summed E-state index contributed by atoms with van der Waals surface area (Å²) in [6.07, 6.45) is -11.5. The lowest BCUT2D eigenvalue weighted by Crippen LogP contribution is -2.40. The predicted octanol–water partition coefficient (Wildman–Crippen LogP) is -0.901. The molecular formula is C10H9F4N3O4. The number of hydrogen-bond acceptors (Lipinski definition) is 6. The van der Waals surface area contributed by atoms with Gasteiger partial charge >= 0.3 is 11.9 Å². The van der Waals surface area contributed by atoms with E-state index in [0.717, 1.165) is 12.3 Å². The first kappa shape index (κ1) is 14.2. The maximum Gasteiger partial charge on any atom is 0.423 e. The fraction of sp³-hybridized carbons (Fsp3) is 0.600. The van der Waals surface area contributed by atoms with Gasteiger partial charge in [-0.05, 0) is 6.07 Å². The number of halogens is 4. The molecule has 0 radical (unpaired) electrons. The van der Waals surface area contributed by atoms with Gasteiger partial charge in [0.1, 0.15) is 11.9 Å². The monoisotopic (exact) mass is 311 g/mol. The van der Waals surface area contributed by atoms with Crippen LogP contribution < -0.4 is 11.4 Å². The molecule has 2 fully saturated rings. The number of aliphatic hydroxyl groups excluding tert-OH is 1. The minimum atomic E-state index is -5.22. The highest BCUT2D eigenvalue weighted by molar-refractivity contribution is 5.38. The third kappa shape index (κ3) is 1.43. The molecule has 0 amide bonds. The summed E-state index contributed by atoms with van der Waals surface area (Å²) in [7, 11) is 0. The molecule has 0 bridgehead atoms. The van der Waals surface area contributed by atoms with Gasteiger partial charge in [-0.1, -0.05) is 0 Å². The largest absolute Gasteiger partial charge is 0.423 e. The molecule has 2 heterocycles. The lowest BCUT2D eigenvalue weighted by atomic mass is 10.1. The first-order valence-electron chi connectivity index (χ1n) is 5.71. The van der Waals surface area contributed by atoms with E-state index in [1.165, 1.54) is 0 Å². The molecule has 11 heteroatoms. The van der Waals surface area contributed by atoms with E-state index in [1.54, 1.807) is 0 Å². The van der Waals surface area contributed by atoms with Crippen molar-refractivity contribution in [3.63, 3.8) is 0 Å². The van der Waals surface area contributed by atoms with Crippen LogP contribution in [0.1, 0.15) is 6.23 Å². The molecule has 1 aliphatic carbocycles. The lowest BCUT2D eigenvalue weighted by Gasteiger charge is -2.23. The number of nitrogen functional groups attached to an aromatic ring is 1. The highest BCUT2D eigenvalue weighted by atomic mass is 19.4. The number of nitrogens with two attached hydrogens (primary N) is 1. The minimum Gasteiger partial charge on any atom is -0.386 e. The summed E-state index contributed by atoms with van der Waals surface area (Å²) in [6, 6.07) is 1.06. The van der Waals surface area contributed by atoms with Gasteiger partial charge in [-0.15, -0.1) is 0 Å². The Hall–Kier alpha value is -1.72. The molecule has 1 saturated heterocycles. The average molecular weight is 311 g/mol. The second-order valence-corrected chi connectivity index (χ2v) is 4.91. The standard InChI is InChI=1S/C10H9F4N3O4/c11-4-5(17-2-1-3(15)16-7(17)19)21-9(10(12,13)14)6(18)8(4,9)20/h1-2,4-6,18,20H,(H2,15,16,19)/t4-,5+,6?,8+,9+/m0/s1. The van der Waals surface area contributed by atoms with E-state index in [2.05, 4.69) is 9.72 Å². The number of alkyl halides is 4. The SMILES string of the molecule is Nc1ccn([C@@H]2O[C@]3(C(F)(F)F)C(O)[C@]3(O)[C@H]2F)c(=O)n1. The van der Waals surface area contributed by atoms with Gasteiger partial charge in [-0.25, -0.2) is 9.18 Å². The van der Waals surface area contributed by atoms with Crippen LogP contribution in [0.25, 0.3) is 0 Å². The molecule has 5 atom stereocenters. The average Bonchev–Trinajstić information content (AvgIpc) is 2.72. The Bertz CT molecular complexity index is 664. The smallest absolute Gasteiger partial charge is 0.386 e. The maximum absolute atomic E-state index is 14.1. The van der Waals surface area contributed by atoms with Crippen LogP contribution in [-0.4, -0.2) is 49.4 Å². The van der Waals surface area contributed by atoms with Crippen LogP contribution in [0, 0.1) is 0 Å². The number of ether oxygens (including phenoxy) is 1. The predicted molar refractivity (Wildman–Crippen MR) is 57.7 cm³/mol. The molecule has 1 saturated carbocycles. The highest BCUT2D eigenvalue weighted by Gasteiger charge is 2.97. The number of nitrogens with zero attached hydrogens (tertiary/aromatic N) is 2. The van der Waals surface area contributed by atoms with Gasteiger partial charge in [0.15, 0.2) is 18.0 Å². The van der Waals surface area contributed by atoms with Crippen molar-refractivity contribution in [3.8, 4) is 0 Å². The van der Waals surface area contributed by atoms with E-state index in [-0.39, 0.29) is 5.82 Å². The summed E-state index contributed by atoms with van der Waals surface area (Å²) in [6.45, 7) is 0. The topological polar surface area (TPSA) is 111 Å². The number of aromatic nitrogens is 2. The van der Waals surface area contributed by atoms with Gasteiger partial charge in [0.25, 0.3) is 0 Å². The Kier molecular flexibility index (Phi) is 2.52. The van der Waals surface area contributed by atoms with Crippen LogP contribution in [0.15, 0.2) is 17.1 Å². The van der Waals surface area contributed by atoms with Gasteiger partial charge in [0.05, 0.1) is 0 Å². The lowest BCUT2D eigenvalue weighted by molar-refractivity contribution is -0.261. The molecule has 1 unspecified atom stereocenters. The second kappa shape index (κ2) is 3.72. The highest BCUT2D eigenvalue weighted by Crippen LogP contribution is 2.69. The van der Waals surface area contributed by atoms with Crippen molar-refractivity contribution in [2.45, 2.75) is 35.9 Å². The normalized spacial score (nSPS) is 41.9. The van der Waals surface area contributed by atoms with Crippen LogP contribution in [0.2, 0.25) is 0 Å². The quantitative estimate of drug-likeness (QED) is 0.580. The van der Waals surface area contributed by atoms with Gasteiger partial charge in [0.2, 0.25) is 5.60 Å². The number of hydrogen-bond donors (Lipinski definition) is 3. The Labute approximate surface area is 113 Å². The molecule has 0 spiro atoms. The van der Waals surface area contributed by atoms with Crippen LogP contribution in [0.4, 0.5) is 23.4 Å². The first-order chi connectivity index (χ1) is 9.57. The summed E-state index contributed by atoms with van der Waals surface area (Å²) in [4.78, 5) is 14.8. The summed E-state index contributed by atoms with van der Waals surface area (Å²) in [5.74, 6) is -0.209. The van der Waals surface area contributed by atoms with Crippen LogP contribution in [0.3, 0.4) is 0 Å². The van der Waals surface area contributed by atoms with Crippen molar-refractivity contribution < 1.29 is 32.5 Å². The number of rotatable bonds is 1. The first-order valence-corrected chi connectivity index (χ1v) is 5.71. The molecular weight excluding hydrogens is 302 g/mol. The molecule has 1 aromatic rings. The van der Waals surface area contributed by atoms with E-state index >= 15 is 0 Å². The number of fused-ring (bicyclic) bond motifs is 1. The Morgan fingerprint density at radius 2 is 2.10 bits per heavy atom. The summed E-state index contributed by atoms with van der Waals surface area (Å²) in [5.41, 5.74) is -2.54. The van der Waals surface area contributed by atoms with Gasteiger partial charge in [-0.2, -0.15) is 18.2 Å². The Morgan fingerprint density at radius 3 is 2.57 bits per heavy atom. The fourth-order valence-corrected chi connectivity index (χ4v) is 2.68. The number of aliphatic hydroxyl groups is 2. The zero-order valence-electron chi connectivity index (χ0n) is 10.1. The van der Waals surface area contributed by atoms with Gasteiger partial charge in [-0.3, -0.25) is 4.57 Å². The molecule has 7 nitrogen and oxygen atoms in total. The maximum atomic E-state index is 14.1.